The Morgan fingerprint density at radius 3 is 2.45 bits per heavy atom. The summed E-state index contributed by atoms with van der Waals surface area (Å²) in [7, 11) is -3.76. The molecule has 0 aliphatic rings. The quantitative estimate of drug-likeness (QED) is 0.401. The first-order valence-electron chi connectivity index (χ1n) is 8.51. The third kappa shape index (κ3) is 4.45. The minimum Gasteiger partial charge on any atom is -0.456 e. The van der Waals surface area contributed by atoms with Crippen LogP contribution in [0.2, 0.25) is 10.0 Å². The third-order valence-electron chi connectivity index (χ3n) is 4.11. The number of nitrogens with one attached hydrogen (secondary N) is 1. The second-order valence-corrected chi connectivity index (χ2v) is 8.69. The van der Waals surface area contributed by atoms with Crippen molar-refractivity contribution in [3.8, 4) is 11.5 Å². The van der Waals surface area contributed by atoms with Gasteiger partial charge in [-0.1, -0.05) is 29.3 Å². The molecule has 0 aliphatic heterocycles. The average Bonchev–Trinajstić information content (AvgIpc) is 2.70. The Kier molecular flexibility index (Phi) is 5.32. The van der Waals surface area contributed by atoms with E-state index in [1.54, 1.807) is 24.4 Å². The molecule has 0 fully saturated rings. The maximum absolute atomic E-state index is 12.5. The van der Waals surface area contributed by atoms with Crippen LogP contribution < -0.4 is 9.46 Å². The first kappa shape index (κ1) is 19.5. The summed E-state index contributed by atoms with van der Waals surface area (Å²) < 4.78 is 33.3. The molecule has 0 bridgehead atoms. The molecule has 0 atom stereocenters. The fraction of sp³-hybridized carbons (Fsp3) is 0. The van der Waals surface area contributed by atoms with Gasteiger partial charge < -0.3 is 4.74 Å². The highest BCUT2D eigenvalue weighted by molar-refractivity contribution is 7.92. The van der Waals surface area contributed by atoms with Gasteiger partial charge >= 0.3 is 0 Å². The van der Waals surface area contributed by atoms with E-state index >= 15 is 0 Å². The summed E-state index contributed by atoms with van der Waals surface area (Å²) in [6.45, 7) is 0. The molecule has 3 aromatic carbocycles. The molecule has 29 heavy (non-hydrogen) atoms. The van der Waals surface area contributed by atoms with Crippen molar-refractivity contribution in [3.63, 3.8) is 0 Å². The van der Waals surface area contributed by atoms with Crippen LogP contribution in [0.15, 0.2) is 83.9 Å². The Morgan fingerprint density at radius 2 is 1.69 bits per heavy atom. The van der Waals surface area contributed by atoms with Crippen LogP contribution in [-0.2, 0) is 10.0 Å². The van der Waals surface area contributed by atoms with Crippen molar-refractivity contribution >= 4 is 49.8 Å². The molecule has 0 amide bonds. The normalized spacial score (nSPS) is 11.4. The van der Waals surface area contributed by atoms with Crippen molar-refractivity contribution < 1.29 is 13.2 Å². The number of ether oxygens (including phenoxy) is 1. The molecule has 0 spiro atoms. The molecule has 4 aromatic rings. The van der Waals surface area contributed by atoms with Crippen LogP contribution in [0.3, 0.4) is 0 Å². The predicted octanol–water partition coefficient (Wildman–Crippen LogP) is 6.13. The van der Waals surface area contributed by atoms with Gasteiger partial charge in [0.25, 0.3) is 10.0 Å². The summed E-state index contributed by atoms with van der Waals surface area (Å²) in [6.07, 6.45) is 1.73. The van der Waals surface area contributed by atoms with Crippen LogP contribution in [0, 0.1) is 0 Å². The number of rotatable bonds is 5. The molecule has 5 nitrogen and oxygen atoms in total. The van der Waals surface area contributed by atoms with Gasteiger partial charge in [0.2, 0.25) is 0 Å². The highest BCUT2D eigenvalue weighted by atomic mass is 35.5. The summed E-state index contributed by atoms with van der Waals surface area (Å²) in [6, 6.07) is 19.9. The largest absolute Gasteiger partial charge is 0.456 e. The number of sulfonamides is 1. The van der Waals surface area contributed by atoms with Gasteiger partial charge in [-0.25, -0.2) is 8.42 Å². The molecule has 1 heterocycles. The van der Waals surface area contributed by atoms with Crippen LogP contribution in [0.1, 0.15) is 0 Å². The zero-order chi connectivity index (χ0) is 20.4. The maximum atomic E-state index is 12.5. The highest BCUT2D eigenvalue weighted by Gasteiger charge is 2.15. The molecule has 0 radical (unpaired) electrons. The minimum absolute atomic E-state index is 0.100. The van der Waals surface area contributed by atoms with Crippen LogP contribution in [-0.4, -0.2) is 13.4 Å². The number of aromatic nitrogens is 1. The van der Waals surface area contributed by atoms with E-state index in [4.69, 9.17) is 27.9 Å². The van der Waals surface area contributed by atoms with E-state index in [-0.39, 0.29) is 9.92 Å². The Morgan fingerprint density at radius 1 is 0.897 bits per heavy atom. The van der Waals surface area contributed by atoms with E-state index < -0.39 is 10.0 Å². The number of pyridine rings is 1. The fourth-order valence-electron chi connectivity index (χ4n) is 2.72. The van der Waals surface area contributed by atoms with Crippen molar-refractivity contribution in [1.82, 2.24) is 4.98 Å². The van der Waals surface area contributed by atoms with Crippen LogP contribution >= 0.6 is 23.2 Å². The molecule has 4 rings (SSSR count). The molecule has 0 unspecified atom stereocenters. The van der Waals surface area contributed by atoms with Gasteiger partial charge in [-0.2, -0.15) is 0 Å². The summed E-state index contributed by atoms with van der Waals surface area (Å²) in [5.74, 6) is 1.01. The van der Waals surface area contributed by atoms with Gasteiger partial charge in [-0.3, -0.25) is 9.71 Å². The second kappa shape index (κ2) is 7.91. The first-order valence-corrected chi connectivity index (χ1v) is 10.8. The van der Waals surface area contributed by atoms with E-state index in [1.165, 1.54) is 30.3 Å². The Balaban J connectivity index is 1.55. The number of nitrogens with zero attached hydrogens (tertiary/aromatic N) is 1. The second-order valence-electron chi connectivity index (χ2n) is 6.16. The summed E-state index contributed by atoms with van der Waals surface area (Å²) in [4.78, 5) is 4.37. The standard InChI is InChI=1S/C21H14Cl2N2O3S/c22-15-3-7-18(8-4-15)29(26,27)25-16-5-10-21(19(23)13-16)28-17-6-9-20-14(12-17)2-1-11-24-20/h1-13,25H. The molecule has 8 heteroatoms. The number of fused-ring (bicyclic) bond motifs is 1. The lowest BCUT2D eigenvalue weighted by atomic mass is 10.2. The smallest absolute Gasteiger partial charge is 0.261 e. The van der Waals surface area contributed by atoms with E-state index in [0.29, 0.717) is 22.2 Å². The minimum atomic E-state index is -3.76. The van der Waals surface area contributed by atoms with Crippen molar-refractivity contribution in [2.24, 2.45) is 0 Å². The zero-order valence-electron chi connectivity index (χ0n) is 14.8. The van der Waals surface area contributed by atoms with E-state index in [2.05, 4.69) is 9.71 Å². The Hall–Kier alpha value is -2.80. The van der Waals surface area contributed by atoms with E-state index in [0.717, 1.165) is 10.9 Å². The SMILES string of the molecule is O=S(=O)(Nc1ccc(Oc2ccc3ncccc3c2)c(Cl)c1)c1ccc(Cl)cc1. The third-order valence-corrected chi connectivity index (χ3v) is 6.05. The van der Waals surface area contributed by atoms with Crippen LogP contribution in [0.5, 0.6) is 11.5 Å². The summed E-state index contributed by atoms with van der Waals surface area (Å²) in [5, 5.41) is 1.67. The zero-order valence-corrected chi connectivity index (χ0v) is 17.2. The average molecular weight is 445 g/mol. The van der Waals surface area contributed by atoms with Gasteiger partial charge in [-0.15, -0.1) is 0 Å². The Labute approximate surface area is 177 Å². The van der Waals surface area contributed by atoms with Gasteiger partial charge in [0.1, 0.15) is 11.5 Å². The summed E-state index contributed by atoms with van der Waals surface area (Å²) >= 11 is 12.1. The van der Waals surface area contributed by atoms with E-state index in [9.17, 15) is 8.42 Å². The van der Waals surface area contributed by atoms with Crippen molar-refractivity contribution in [2.75, 3.05) is 4.72 Å². The molecule has 1 N–H and O–H groups in total. The lowest BCUT2D eigenvalue weighted by molar-refractivity contribution is 0.484. The molecular weight excluding hydrogens is 431 g/mol. The summed E-state index contributed by atoms with van der Waals surface area (Å²) in [5.41, 5.74) is 1.18. The highest BCUT2D eigenvalue weighted by Crippen LogP contribution is 2.33. The van der Waals surface area contributed by atoms with Crippen molar-refractivity contribution in [3.05, 3.63) is 89.0 Å². The molecule has 0 aliphatic carbocycles. The first-order chi connectivity index (χ1) is 13.9. The lowest BCUT2D eigenvalue weighted by Crippen LogP contribution is -2.12. The monoisotopic (exact) mass is 444 g/mol. The fourth-order valence-corrected chi connectivity index (χ4v) is 4.11. The molecule has 146 valence electrons. The van der Waals surface area contributed by atoms with Crippen molar-refractivity contribution in [1.29, 1.82) is 0 Å². The maximum Gasteiger partial charge on any atom is 0.261 e. The van der Waals surface area contributed by atoms with Gasteiger partial charge in [0.05, 0.1) is 21.1 Å². The number of hydrogen-bond acceptors (Lipinski definition) is 4. The van der Waals surface area contributed by atoms with Gasteiger partial charge in [-0.05, 0) is 66.7 Å². The topological polar surface area (TPSA) is 68.3 Å². The molecule has 0 saturated carbocycles. The molecule has 1 aromatic heterocycles. The number of hydrogen-bond donors (Lipinski definition) is 1. The van der Waals surface area contributed by atoms with Crippen LogP contribution in [0.25, 0.3) is 10.9 Å². The molecular formula is C21H14Cl2N2O3S. The van der Waals surface area contributed by atoms with Crippen LogP contribution in [0.4, 0.5) is 5.69 Å². The van der Waals surface area contributed by atoms with Gasteiger partial charge in [0, 0.05) is 16.6 Å². The van der Waals surface area contributed by atoms with Crippen molar-refractivity contribution in [2.45, 2.75) is 4.90 Å². The predicted molar refractivity (Wildman–Crippen MR) is 116 cm³/mol. The number of halogens is 2. The number of benzene rings is 3. The van der Waals surface area contributed by atoms with Gasteiger partial charge in [0.15, 0.2) is 0 Å². The number of anilines is 1. The lowest BCUT2D eigenvalue weighted by Gasteiger charge is -2.12. The van der Waals surface area contributed by atoms with E-state index in [1.807, 2.05) is 24.3 Å². The molecule has 0 saturated heterocycles. The Bertz CT molecular complexity index is 1290.